The van der Waals surface area contributed by atoms with E-state index in [1.807, 2.05) is 6.07 Å². The molecule has 1 atom stereocenters. The Morgan fingerprint density at radius 1 is 1.15 bits per heavy atom. The number of amides is 1. The van der Waals surface area contributed by atoms with Gasteiger partial charge in [-0.3, -0.25) is 4.79 Å². The SMILES string of the molecule is COc1cc(C(C#N)NC(=O)CCc2ccccc2F)cc(OC)c1OC. The Hall–Kier alpha value is -3.27. The first-order valence-electron chi connectivity index (χ1n) is 8.26. The van der Waals surface area contributed by atoms with E-state index in [0.717, 1.165) is 0 Å². The summed E-state index contributed by atoms with van der Waals surface area (Å²) in [6.45, 7) is 0. The lowest BCUT2D eigenvalue weighted by Crippen LogP contribution is -2.28. The Bertz CT molecular complexity index is 823. The van der Waals surface area contributed by atoms with Gasteiger partial charge in [-0.2, -0.15) is 5.26 Å². The standard InChI is InChI=1S/C20H21FN2O4/c1-25-17-10-14(11-18(26-2)20(17)27-3)16(12-22)23-19(24)9-8-13-6-4-5-7-15(13)21/h4-7,10-11,16H,8-9H2,1-3H3,(H,23,24). The predicted octanol–water partition coefficient (Wildman–Crippen LogP) is 3.17. The minimum absolute atomic E-state index is 0.0591. The number of methoxy groups -OCH3 is 3. The zero-order chi connectivity index (χ0) is 19.8. The van der Waals surface area contributed by atoms with Crippen LogP contribution in [0, 0.1) is 17.1 Å². The molecule has 0 heterocycles. The van der Waals surface area contributed by atoms with Crippen molar-refractivity contribution < 1.29 is 23.4 Å². The molecule has 0 radical (unpaired) electrons. The summed E-state index contributed by atoms with van der Waals surface area (Å²) in [6, 6.07) is 10.6. The largest absolute Gasteiger partial charge is 0.493 e. The number of carbonyl (C=O) groups is 1. The van der Waals surface area contributed by atoms with E-state index in [4.69, 9.17) is 14.2 Å². The van der Waals surface area contributed by atoms with E-state index in [0.29, 0.717) is 28.4 Å². The molecule has 0 aromatic heterocycles. The maximum atomic E-state index is 13.6. The van der Waals surface area contributed by atoms with Crippen LogP contribution in [-0.2, 0) is 11.2 Å². The number of nitrogens with one attached hydrogen (secondary N) is 1. The zero-order valence-electron chi connectivity index (χ0n) is 15.4. The molecule has 2 aromatic rings. The second-order valence-corrected chi connectivity index (χ2v) is 5.68. The Morgan fingerprint density at radius 3 is 2.30 bits per heavy atom. The van der Waals surface area contributed by atoms with E-state index in [2.05, 4.69) is 5.32 Å². The van der Waals surface area contributed by atoms with Crippen LogP contribution in [0.3, 0.4) is 0 Å². The van der Waals surface area contributed by atoms with Gasteiger partial charge in [0.2, 0.25) is 11.7 Å². The van der Waals surface area contributed by atoms with Crippen LogP contribution < -0.4 is 19.5 Å². The number of hydrogen-bond acceptors (Lipinski definition) is 5. The summed E-state index contributed by atoms with van der Waals surface area (Å²) >= 11 is 0. The highest BCUT2D eigenvalue weighted by Gasteiger charge is 2.20. The average molecular weight is 372 g/mol. The Morgan fingerprint density at radius 2 is 1.78 bits per heavy atom. The van der Waals surface area contributed by atoms with Gasteiger partial charge in [-0.1, -0.05) is 18.2 Å². The molecule has 2 rings (SSSR count). The molecule has 0 bridgehead atoms. The van der Waals surface area contributed by atoms with Gasteiger partial charge in [0.1, 0.15) is 11.9 Å². The first-order chi connectivity index (χ1) is 13.0. The number of rotatable bonds is 8. The fourth-order valence-electron chi connectivity index (χ4n) is 2.64. The van der Waals surface area contributed by atoms with Gasteiger partial charge in [0.25, 0.3) is 0 Å². The third-order valence-electron chi connectivity index (χ3n) is 4.03. The first kappa shape index (κ1) is 20.0. The zero-order valence-corrected chi connectivity index (χ0v) is 15.4. The molecule has 0 saturated carbocycles. The number of benzene rings is 2. The molecule has 0 saturated heterocycles. The second-order valence-electron chi connectivity index (χ2n) is 5.68. The number of nitrogens with zero attached hydrogens (tertiary/aromatic N) is 1. The molecule has 6 nitrogen and oxygen atoms in total. The van der Waals surface area contributed by atoms with E-state index in [1.165, 1.54) is 27.4 Å². The van der Waals surface area contributed by atoms with E-state index in [1.54, 1.807) is 30.3 Å². The average Bonchev–Trinajstić information content (AvgIpc) is 2.70. The van der Waals surface area contributed by atoms with E-state index >= 15 is 0 Å². The normalized spacial score (nSPS) is 11.2. The van der Waals surface area contributed by atoms with Crippen LogP contribution in [-0.4, -0.2) is 27.2 Å². The smallest absolute Gasteiger partial charge is 0.221 e. The molecule has 7 heteroatoms. The van der Waals surface area contributed by atoms with Gasteiger partial charge in [0, 0.05) is 6.42 Å². The molecule has 1 N–H and O–H groups in total. The van der Waals surface area contributed by atoms with Crippen molar-refractivity contribution in [1.29, 1.82) is 5.26 Å². The van der Waals surface area contributed by atoms with Crippen molar-refractivity contribution in [3.8, 4) is 23.3 Å². The summed E-state index contributed by atoms with van der Waals surface area (Å²) in [5.74, 6) is 0.442. The lowest BCUT2D eigenvalue weighted by Gasteiger charge is -2.17. The minimum atomic E-state index is -0.910. The van der Waals surface area contributed by atoms with Gasteiger partial charge >= 0.3 is 0 Å². The minimum Gasteiger partial charge on any atom is -0.493 e. The maximum absolute atomic E-state index is 13.6. The Balaban J connectivity index is 2.13. The highest BCUT2D eigenvalue weighted by atomic mass is 19.1. The summed E-state index contributed by atoms with van der Waals surface area (Å²) in [5.41, 5.74) is 0.945. The highest BCUT2D eigenvalue weighted by Crippen LogP contribution is 2.39. The van der Waals surface area contributed by atoms with Crippen molar-refractivity contribution in [2.45, 2.75) is 18.9 Å². The topological polar surface area (TPSA) is 80.6 Å². The van der Waals surface area contributed by atoms with Crippen molar-refractivity contribution >= 4 is 5.91 Å². The number of aryl methyl sites for hydroxylation is 1. The van der Waals surface area contributed by atoms with Gasteiger partial charge in [-0.05, 0) is 35.7 Å². The first-order valence-corrected chi connectivity index (χ1v) is 8.26. The molecule has 1 unspecified atom stereocenters. The van der Waals surface area contributed by atoms with Crippen molar-refractivity contribution in [2.24, 2.45) is 0 Å². The van der Waals surface area contributed by atoms with Crippen LogP contribution in [0.2, 0.25) is 0 Å². The van der Waals surface area contributed by atoms with E-state index in [-0.39, 0.29) is 24.6 Å². The van der Waals surface area contributed by atoms with E-state index in [9.17, 15) is 14.4 Å². The molecule has 0 aliphatic heterocycles. The number of ether oxygens (including phenoxy) is 3. The van der Waals surface area contributed by atoms with Gasteiger partial charge in [0.15, 0.2) is 11.5 Å². The molecule has 0 spiro atoms. The van der Waals surface area contributed by atoms with Crippen LogP contribution in [0.25, 0.3) is 0 Å². The van der Waals surface area contributed by atoms with Crippen molar-refractivity contribution in [3.05, 3.63) is 53.3 Å². The summed E-state index contributed by atoms with van der Waals surface area (Å²) in [7, 11) is 4.41. The molecular weight excluding hydrogens is 351 g/mol. The molecule has 1 amide bonds. The second kappa shape index (κ2) is 9.43. The highest BCUT2D eigenvalue weighted by molar-refractivity contribution is 5.77. The molecular formula is C20H21FN2O4. The molecule has 0 aliphatic carbocycles. The van der Waals surface area contributed by atoms with Crippen LogP contribution in [0.5, 0.6) is 17.2 Å². The Labute approximate surface area is 157 Å². The summed E-state index contributed by atoms with van der Waals surface area (Å²) in [6.07, 6.45) is 0.301. The van der Waals surface area contributed by atoms with Crippen LogP contribution in [0.1, 0.15) is 23.6 Å². The predicted molar refractivity (Wildman–Crippen MR) is 97.3 cm³/mol. The van der Waals surface area contributed by atoms with E-state index < -0.39 is 6.04 Å². The molecule has 0 aliphatic rings. The monoisotopic (exact) mass is 372 g/mol. The van der Waals surface area contributed by atoms with Crippen molar-refractivity contribution in [2.75, 3.05) is 21.3 Å². The number of halogens is 1. The van der Waals surface area contributed by atoms with Crippen molar-refractivity contribution in [1.82, 2.24) is 5.32 Å². The maximum Gasteiger partial charge on any atom is 0.221 e. The molecule has 142 valence electrons. The summed E-state index contributed by atoms with van der Waals surface area (Å²) < 4.78 is 29.4. The number of hydrogen-bond donors (Lipinski definition) is 1. The Kier molecular flexibility index (Phi) is 7.00. The fourth-order valence-corrected chi connectivity index (χ4v) is 2.64. The van der Waals surface area contributed by atoms with Crippen LogP contribution >= 0.6 is 0 Å². The summed E-state index contributed by atoms with van der Waals surface area (Å²) in [4.78, 5) is 12.2. The quantitative estimate of drug-likeness (QED) is 0.770. The van der Waals surface area contributed by atoms with Gasteiger partial charge in [0.05, 0.1) is 27.4 Å². The third-order valence-corrected chi connectivity index (χ3v) is 4.03. The third kappa shape index (κ3) is 4.88. The molecule has 2 aromatic carbocycles. The van der Waals surface area contributed by atoms with Crippen LogP contribution in [0.4, 0.5) is 4.39 Å². The fraction of sp³-hybridized carbons (Fsp3) is 0.300. The van der Waals surface area contributed by atoms with Crippen molar-refractivity contribution in [3.63, 3.8) is 0 Å². The van der Waals surface area contributed by atoms with Gasteiger partial charge in [-0.25, -0.2) is 4.39 Å². The molecule has 27 heavy (non-hydrogen) atoms. The lowest BCUT2D eigenvalue weighted by atomic mass is 10.1. The lowest BCUT2D eigenvalue weighted by molar-refractivity contribution is -0.121. The number of carbonyl (C=O) groups excluding carboxylic acids is 1. The van der Waals surface area contributed by atoms with Crippen LogP contribution in [0.15, 0.2) is 36.4 Å². The number of nitriles is 1. The summed E-state index contributed by atoms with van der Waals surface area (Å²) in [5, 5.41) is 12.1. The van der Waals surface area contributed by atoms with Gasteiger partial charge in [-0.15, -0.1) is 0 Å². The van der Waals surface area contributed by atoms with Gasteiger partial charge < -0.3 is 19.5 Å². The molecule has 0 fully saturated rings.